The Kier molecular flexibility index (Phi) is 5.44. The van der Waals surface area contributed by atoms with E-state index in [-0.39, 0.29) is 11.4 Å². The lowest BCUT2D eigenvalue weighted by atomic mass is 10.2. The van der Waals surface area contributed by atoms with E-state index in [0.717, 1.165) is 0 Å². The number of nitrogens with zero attached hydrogens (tertiary/aromatic N) is 5. The lowest BCUT2D eigenvalue weighted by Gasteiger charge is -2.13. The summed E-state index contributed by atoms with van der Waals surface area (Å²) in [5, 5.41) is 9.20. The molecule has 4 aromatic rings. The summed E-state index contributed by atoms with van der Waals surface area (Å²) in [5.41, 5.74) is 1.57. The van der Waals surface area contributed by atoms with E-state index in [2.05, 4.69) is 29.0 Å². The second-order valence-electron chi connectivity index (χ2n) is 7.09. The molecule has 0 radical (unpaired) electrons. The maximum Gasteiger partial charge on any atom is 0.258 e. The Hall–Kier alpha value is -3.00. The largest absolute Gasteiger partial charge is 0.302 e. The number of rotatable bonds is 6. The zero-order valence-electron chi connectivity index (χ0n) is 16.1. The highest BCUT2D eigenvalue weighted by atomic mass is 32.2. The average molecular weight is 409 g/mol. The third-order valence-corrected chi connectivity index (χ3v) is 5.35. The van der Waals surface area contributed by atoms with Gasteiger partial charge in [0.05, 0.1) is 11.3 Å². The summed E-state index contributed by atoms with van der Waals surface area (Å²) >= 11 is 1.44. The van der Waals surface area contributed by atoms with Gasteiger partial charge in [-0.3, -0.25) is 9.20 Å². The number of hydrogen-bond acceptors (Lipinski definition) is 5. The summed E-state index contributed by atoms with van der Waals surface area (Å²) in [7, 11) is 0. The molecule has 0 spiro atoms. The summed E-state index contributed by atoms with van der Waals surface area (Å²) in [6, 6.07) is 13.5. The molecule has 0 aliphatic carbocycles. The van der Waals surface area contributed by atoms with Gasteiger partial charge in [-0.2, -0.15) is 0 Å². The second-order valence-corrected chi connectivity index (χ2v) is 8.04. The number of thioether (sulfide) groups is 1. The van der Waals surface area contributed by atoms with Crippen LogP contribution in [0.3, 0.4) is 0 Å². The maximum atomic E-state index is 14.3. The van der Waals surface area contributed by atoms with Crippen LogP contribution in [0.5, 0.6) is 0 Å². The van der Waals surface area contributed by atoms with E-state index in [0.29, 0.717) is 46.1 Å². The van der Waals surface area contributed by atoms with Crippen LogP contribution in [0.4, 0.5) is 4.39 Å². The molecule has 0 saturated heterocycles. The Morgan fingerprint density at radius 1 is 1.10 bits per heavy atom. The van der Waals surface area contributed by atoms with Gasteiger partial charge in [0.15, 0.2) is 11.0 Å². The van der Waals surface area contributed by atoms with Gasteiger partial charge in [-0.1, -0.05) is 43.8 Å². The number of hydrogen-bond donors (Lipinski definition) is 0. The molecule has 0 aliphatic heterocycles. The summed E-state index contributed by atoms with van der Waals surface area (Å²) in [6.45, 7) is 4.84. The fraction of sp³-hybridized carbons (Fsp3) is 0.238. The molecule has 0 atom stereocenters. The van der Waals surface area contributed by atoms with Gasteiger partial charge in [0.2, 0.25) is 0 Å². The van der Waals surface area contributed by atoms with Gasteiger partial charge in [-0.15, -0.1) is 10.2 Å². The van der Waals surface area contributed by atoms with Crippen LogP contribution in [0.1, 0.15) is 19.5 Å². The van der Waals surface area contributed by atoms with Gasteiger partial charge in [0, 0.05) is 24.6 Å². The van der Waals surface area contributed by atoms with Crippen LogP contribution < -0.4 is 5.56 Å². The van der Waals surface area contributed by atoms with Crippen LogP contribution in [-0.4, -0.2) is 24.1 Å². The number of benzene rings is 1. The molecule has 6 nitrogen and oxygen atoms in total. The first-order valence-corrected chi connectivity index (χ1v) is 10.3. The molecular formula is C21H20FN5OS. The topological polar surface area (TPSA) is 65.1 Å². The Labute approximate surface area is 171 Å². The third-order valence-electron chi connectivity index (χ3n) is 4.35. The first-order chi connectivity index (χ1) is 14.0. The molecule has 29 heavy (non-hydrogen) atoms. The Morgan fingerprint density at radius 2 is 1.90 bits per heavy atom. The first-order valence-electron chi connectivity index (χ1n) is 9.31. The van der Waals surface area contributed by atoms with Crippen LogP contribution in [-0.2, 0) is 12.3 Å². The van der Waals surface area contributed by atoms with Crippen molar-refractivity contribution in [1.82, 2.24) is 24.1 Å². The molecule has 4 rings (SSSR count). The van der Waals surface area contributed by atoms with Crippen LogP contribution in [0, 0.1) is 11.7 Å². The second kappa shape index (κ2) is 8.16. The molecule has 3 aromatic heterocycles. The zero-order valence-corrected chi connectivity index (χ0v) is 16.9. The predicted octanol–water partition coefficient (Wildman–Crippen LogP) is 4.04. The van der Waals surface area contributed by atoms with Crippen molar-refractivity contribution in [2.75, 3.05) is 0 Å². The Morgan fingerprint density at radius 3 is 2.69 bits per heavy atom. The van der Waals surface area contributed by atoms with Gasteiger partial charge in [0.1, 0.15) is 11.5 Å². The lowest BCUT2D eigenvalue weighted by Crippen LogP contribution is -2.14. The molecule has 0 bridgehead atoms. The van der Waals surface area contributed by atoms with Gasteiger partial charge in [-0.05, 0) is 30.2 Å². The molecule has 0 N–H and O–H groups in total. The van der Waals surface area contributed by atoms with E-state index < -0.39 is 0 Å². The maximum absolute atomic E-state index is 14.3. The van der Waals surface area contributed by atoms with Crippen molar-refractivity contribution >= 4 is 17.4 Å². The van der Waals surface area contributed by atoms with E-state index in [9.17, 15) is 9.18 Å². The highest BCUT2D eigenvalue weighted by Crippen LogP contribution is 2.28. The molecular weight excluding hydrogens is 389 g/mol. The molecule has 1 aromatic carbocycles. The van der Waals surface area contributed by atoms with Crippen molar-refractivity contribution in [3.05, 3.63) is 76.6 Å². The smallest absolute Gasteiger partial charge is 0.258 e. The molecule has 0 fully saturated rings. The molecule has 3 heterocycles. The van der Waals surface area contributed by atoms with E-state index in [1.807, 2.05) is 10.6 Å². The molecule has 0 saturated carbocycles. The lowest BCUT2D eigenvalue weighted by molar-refractivity contribution is 0.496. The SMILES string of the molecule is CC(C)Cn1c(SCc2cc(=O)n3ccccc3n2)nnc1-c1ccccc1F. The standard InChI is InChI=1S/C21H20FN5OS/c1-14(2)12-27-20(16-7-3-4-8-17(16)22)24-25-21(27)29-13-15-11-19(28)26-10-6-5-9-18(26)23-15/h3-11,14H,12-13H2,1-2H3. The number of halogens is 1. The van der Waals surface area contributed by atoms with Crippen LogP contribution >= 0.6 is 11.8 Å². The zero-order chi connectivity index (χ0) is 20.4. The summed E-state index contributed by atoms with van der Waals surface area (Å²) < 4.78 is 17.7. The van der Waals surface area contributed by atoms with Crippen molar-refractivity contribution in [2.24, 2.45) is 5.92 Å². The third kappa shape index (κ3) is 4.07. The van der Waals surface area contributed by atoms with E-state index in [1.165, 1.54) is 28.3 Å². The van der Waals surface area contributed by atoms with Crippen molar-refractivity contribution in [2.45, 2.75) is 31.3 Å². The normalized spacial score (nSPS) is 11.4. The minimum Gasteiger partial charge on any atom is -0.302 e. The minimum atomic E-state index is -0.328. The monoisotopic (exact) mass is 409 g/mol. The minimum absolute atomic E-state index is 0.123. The van der Waals surface area contributed by atoms with E-state index in [4.69, 9.17) is 0 Å². The van der Waals surface area contributed by atoms with Gasteiger partial charge >= 0.3 is 0 Å². The van der Waals surface area contributed by atoms with E-state index in [1.54, 1.807) is 36.5 Å². The van der Waals surface area contributed by atoms with Crippen molar-refractivity contribution in [3.63, 3.8) is 0 Å². The number of aromatic nitrogens is 5. The average Bonchev–Trinajstić information content (AvgIpc) is 3.08. The summed E-state index contributed by atoms with van der Waals surface area (Å²) in [5.74, 6) is 0.976. The molecule has 0 unspecified atom stereocenters. The van der Waals surface area contributed by atoms with Gasteiger partial charge in [-0.25, -0.2) is 9.37 Å². The summed E-state index contributed by atoms with van der Waals surface area (Å²) in [4.78, 5) is 16.8. The predicted molar refractivity (Wildman–Crippen MR) is 111 cm³/mol. The number of fused-ring (bicyclic) bond motifs is 1. The molecule has 8 heteroatoms. The van der Waals surface area contributed by atoms with Crippen LogP contribution in [0.25, 0.3) is 17.0 Å². The Balaban J connectivity index is 1.65. The van der Waals surface area contributed by atoms with Crippen LogP contribution in [0.15, 0.2) is 64.7 Å². The van der Waals surface area contributed by atoms with Gasteiger partial charge in [0.25, 0.3) is 5.56 Å². The van der Waals surface area contributed by atoms with Crippen molar-refractivity contribution in [1.29, 1.82) is 0 Å². The molecule has 0 aliphatic rings. The van der Waals surface area contributed by atoms with Gasteiger partial charge < -0.3 is 4.57 Å². The molecule has 0 amide bonds. The van der Waals surface area contributed by atoms with Crippen molar-refractivity contribution < 1.29 is 4.39 Å². The quantitative estimate of drug-likeness (QED) is 0.450. The fourth-order valence-corrected chi connectivity index (χ4v) is 3.92. The van der Waals surface area contributed by atoms with E-state index >= 15 is 0 Å². The fourth-order valence-electron chi connectivity index (χ4n) is 3.08. The molecule has 148 valence electrons. The van der Waals surface area contributed by atoms with Crippen molar-refractivity contribution in [3.8, 4) is 11.4 Å². The highest BCUT2D eigenvalue weighted by molar-refractivity contribution is 7.98. The van der Waals surface area contributed by atoms with Crippen LogP contribution in [0.2, 0.25) is 0 Å². The highest BCUT2D eigenvalue weighted by Gasteiger charge is 2.18. The Bertz CT molecular complexity index is 1220. The number of pyridine rings is 1. The summed E-state index contributed by atoms with van der Waals surface area (Å²) in [6.07, 6.45) is 1.70. The first kappa shape index (κ1) is 19.3.